The number of fused-ring (bicyclic) bond motifs is 1. The van der Waals surface area contributed by atoms with Crippen molar-refractivity contribution < 1.29 is 9.53 Å². The molecule has 0 spiro atoms. The van der Waals surface area contributed by atoms with Crippen molar-refractivity contribution in [2.45, 2.75) is 13.8 Å². The van der Waals surface area contributed by atoms with Crippen LogP contribution in [0.2, 0.25) is 0 Å². The number of H-pyrrole nitrogens is 1. The van der Waals surface area contributed by atoms with Crippen LogP contribution in [0.25, 0.3) is 16.7 Å². The lowest BCUT2D eigenvalue weighted by atomic mass is 10.1. The summed E-state index contributed by atoms with van der Waals surface area (Å²) in [6, 6.07) is 7.30. The third-order valence-corrected chi connectivity index (χ3v) is 3.62. The van der Waals surface area contributed by atoms with Crippen molar-refractivity contribution in [1.29, 1.82) is 0 Å². The molecule has 0 bridgehead atoms. The van der Waals surface area contributed by atoms with Crippen LogP contribution in [0.1, 0.15) is 21.6 Å². The van der Waals surface area contributed by atoms with E-state index in [1.807, 2.05) is 32.0 Å². The molecule has 6 nitrogen and oxygen atoms in total. The van der Waals surface area contributed by atoms with Gasteiger partial charge in [0.15, 0.2) is 0 Å². The molecule has 0 aliphatic carbocycles. The summed E-state index contributed by atoms with van der Waals surface area (Å²) < 4.78 is 6.24. The van der Waals surface area contributed by atoms with E-state index >= 15 is 0 Å². The summed E-state index contributed by atoms with van der Waals surface area (Å²) in [6.45, 7) is 3.77. The van der Waals surface area contributed by atoms with E-state index in [0.717, 1.165) is 22.2 Å². The third-order valence-electron chi connectivity index (χ3n) is 3.62. The lowest BCUT2D eigenvalue weighted by Gasteiger charge is -2.09. The number of esters is 1. The summed E-state index contributed by atoms with van der Waals surface area (Å²) in [5.74, 6) is -0.503. The Morgan fingerprint density at radius 3 is 2.73 bits per heavy atom. The molecule has 2 heterocycles. The van der Waals surface area contributed by atoms with Crippen molar-refractivity contribution in [2.75, 3.05) is 7.11 Å². The number of nitrogens with zero attached hydrogens (tertiary/aromatic N) is 2. The quantitative estimate of drug-likeness (QED) is 0.735. The fourth-order valence-electron chi connectivity index (χ4n) is 2.56. The van der Waals surface area contributed by atoms with Gasteiger partial charge in [-0.2, -0.15) is 0 Å². The largest absolute Gasteiger partial charge is 0.464 e. The molecule has 2 aromatic heterocycles. The smallest absolute Gasteiger partial charge is 0.356 e. The standard InChI is InChI=1S/C16H15N3O3/c1-9-5-4-6-11-14(9)19(16(21)18-11)13-8-17-12(7-10(13)2)15(20)22-3/h4-8H,1-3H3,(H,18,21). The van der Waals surface area contributed by atoms with Crippen LogP contribution in [-0.4, -0.2) is 27.6 Å². The molecule has 0 amide bonds. The lowest BCUT2D eigenvalue weighted by Crippen LogP contribution is -2.17. The monoisotopic (exact) mass is 297 g/mol. The summed E-state index contributed by atoms with van der Waals surface area (Å²) in [4.78, 5) is 30.8. The number of rotatable bonds is 2. The first-order valence-corrected chi connectivity index (χ1v) is 6.78. The molecular weight excluding hydrogens is 282 g/mol. The zero-order valence-corrected chi connectivity index (χ0v) is 12.5. The molecule has 0 radical (unpaired) electrons. The Bertz CT molecular complexity index is 937. The second-order valence-electron chi connectivity index (χ2n) is 5.08. The number of imidazole rings is 1. The second kappa shape index (κ2) is 5.14. The highest BCUT2D eigenvalue weighted by atomic mass is 16.5. The number of methoxy groups -OCH3 is 1. The molecule has 0 saturated carbocycles. The highest BCUT2D eigenvalue weighted by molar-refractivity contribution is 5.88. The number of aromatic amines is 1. The zero-order chi connectivity index (χ0) is 15.9. The van der Waals surface area contributed by atoms with Gasteiger partial charge in [0.2, 0.25) is 0 Å². The number of carbonyl (C=O) groups is 1. The van der Waals surface area contributed by atoms with E-state index in [1.165, 1.54) is 13.3 Å². The number of ether oxygens (including phenoxy) is 1. The van der Waals surface area contributed by atoms with Gasteiger partial charge in [0, 0.05) is 0 Å². The van der Waals surface area contributed by atoms with Crippen molar-refractivity contribution in [2.24, 2.45) is 0 Å². The normalized spacial score (nSPS) is 10.9. The Morgan fingerprint density at radius 2 is 2.05 bits per heavy atom. The van der Waals surface area contributed by atoms with Crippen molar-refractivity contribution in [1.82, 2.24) is 14.5 Å². The predicted molar refractivity (Wildman–Crippen MR) is 82.5 cm³/mol. The van der Waals surface area contributed by atoms with E-state index in [2.05, 4.69) is 14.7 Å². The molecule has 1 N–H and O–H groups in total. The van der Waals surface area contributed by atoms with Gasteiger partial charge in [-0.1, -0.05) is 12.1 Å². The summed E-state index contributed by atoms with van der Waals surface area (Å²) in [7, 11) is 1.31. The lowest BCUT2D eigenvalue weighted by molar-refractivity contribution is 0.0594. The van der Waals surface area contributed by atoms with Gasteiger partial charge in [-0.15, -0.1) is 0 Å². The summed E-state index contributed by atoms with van der Waals surface area (Å²) in [6.07, 6.45) is 1.52. The van der Waals surface area contributed by atoms with Crippen LogP contribution in [-0.2, 0) is 4.74 Å². The number of pyridine rings is 1. The number of carbonyl (C=O) groups excluding carboxylic acids is 1. The van der Waals surface area contributed by atoms with E-state index in [4.69, 9.17) is 0 Å². The van der Waals surface area contributed by atoms with Gasteiger partial charge in [-0.25, -0.2) is 14.6 Å². The fraction of sp³-hybridized carbons (Fsp3) is 0.188. The van der Waals surface area contributed by atoms with Crippen LogP contribution in [0.4, 0.5) is 0 Å². The molecule has 112 valence electrons. The molecule has 22 heavy (non-hydrogen) atoms. The number of aryl methyl sites for hydroxylation is 2. The van der Waals surface area contributed by atoms with Gasteiger partial charge in [0.05, 0.1) is 30.0 Å². The minimum Gasteiger partial charge on any atom is -0.464 e. The van der Waals surface area contributed by atoms with E-state index in [1.54, 1.807) is 10.6 Å². The average Bonchev–Trinajstić information content (AvgIpc) is 2.84. The molecule has 6 heteroatoms. The molecule has 0 fully saturated rings. The van der Waals surface area contributed by atoms with E-state index in [9.17, 15) is 9.59 Å². The van der Waals surface area contributed by atoms with Crippen LogP contribution in [0.5, 0.6) is 0 Å². The highest BCUT2D eigenvalue weighted by Gasteiger charge is 2.15. The van der Waals surface area contributed by atoms with Gasteiger partial charge >= 0.3 is 11.7 Å². The topological polar surface area (TPSA) is 77.0 Å². The maximum Gasteiger partial charge on any atom is 0.356 e. The van der Waals surface area contributed by atoms with Gasteiger partial charge in [-0.05, 0) is 37.1 Å². The van der Waals surface area contributed by atoms with E-state index in [0.29, 0.717) is 5.69 Å². The van der Waals surface area contributed by atoms with Crippen LogP contribution in [0.3, 0.4) is 0 Å². The van der Waals surface area contributed by atoms with E-state index < -0.39 is 5.97 Å². The summed E-state index contributed by atoms with van der Waals surface area (Å²) in [5.41, 5.74) is 3.94. The summed E-state index contributed by atoms with van der Waals surface area (Å²) in [5, 5.41) is 0. The fourth-order valence-corrected chi connectivity index (χ4v) is 2.56. The molecule has 0 aliphatic rings. The first-order valence-electron chi connectivity index (χ1n) is 6.78. The number of para-hydroxylation sites is 1. The van der Waals surface area contributed by atoms with Gasteiger partial charge in [-0.3, -0.25) is 4.57 Å². The van der Waals surface area contributed by atoms with Gasteiger partial charge < -0.3 is 9.72 Å². The Hall–Kier alpha value is -2.89. The number of aromatic nitrogens is 3. The molecule has 1 aromatic carbocycles. The molecular formula is C16H15N3O3. The van der Waals surface area contributed by atoms with E-state index in [-0.39, 0.29) is 11.4 Å². The molecule has 0 atom stereocenters. The van der Waals surface area contributed by atoms with Gasteiger partial charge in [0.25, 0.3) is 0 Å². The number of hydrogen-bond donors (Lipinski definition) is 1. The van der Waals surface area contributed by atoms with Crippen molar-refractivity contribution in [3.8, 4) is 5.69 Å². The molecule has 3 aromatic rings. The molecule has 0 unspecified atom stereocenters. The SMILES string of the molecule is COC(=O)c1cc(C)c(-n2c(=O)[nH]c3cccc(C)c32)cn1. The molecule has 3 rings (SSSR count). The number of benzene rings is 1. The first-order chi connectivity index (χ1) is 10.5. The Labute approximate surface area is 126 Å². The van der Waals surface area contributed by atoms with Crippen molar-refractivity contribution >= 4 is 17.0 Å². The van der Waals surface area contributed by atoms with Crippen LogP contribution >= 0.6 is 0 Å². The van der Waals surface area contributed by atoms with Gasteiger partial charge in [0.1, 0.15) is 5.69 Å². The Balaban J connectivity index is 2.27. The third kappa shape index (κ3) is 2.09. The Kier molecular flexibility index (Phi) is 3.29. The van der Waals surface area contributed by atoms with Crippen LogP contribution < -0.4 is 5.69 Å². The first kappa shape index (κ1) is 14.1. The van der Waals surface area contributed by atoms with Crippen molar-refractivity contribution in [3.05, 3.63) is 57.8 Å². The molecule has 0 saturated heterocycles. The minimum absolute atomic E-state index is 0.216. The maximum absolute atomic E-state index is 12.3. The highest BCUT2D eigenvalue weighted by Crippen LogP contribution is 2.21. The average molecular weight is 297 g/mol. The van der Waals surface area contributed by atoms with Crippen LogP contribution in [0, 0.1) is 13.8 Å². The Morgan fingerprint density at radius 1 is 1.27 bits per heavy atom. The predicted octanol–water partition coefficient (Wildman–Crippen LogP) is 2.12. The zero-order valence-electron chi connectivity index (χ0n) is 12.5. The minimum atomic E-state index is -0.503. The van der Waals surface area contributed by atoms with Crippen LogP contribution in [0.15, 0.2) is 35.3 Å². The number of nitrogens with one attached hydrogen (secondary N) is 1. The summed E-state index contributed by atoms with van der Waals surface area (Å²) >= 11 is 0. The van der Waals surface area contributed by atoms with Crippen molar-refractivity contribution in [3.63, 3.8) is 0 Å². The maximum atomic E-state index is 12.3. The number of hydrogen-bond acceptors (Lipinski definition) is 4. The second-order valence-corrected chi connectivity index (χ2v) is 5.08. The molecule has 0 aliphatic heterocycles.